The highest BCUT2D eigenvalue weighted by atomic mass is 35.5. The van der Waals surface area contributed by atoms with Crippen LogP contribution in [0.25, 0.3) is 10.9 Å². The third-order valence-corrected chi connectivity index (χ3v) is 4.39. The number of rotatable bonds is 2. The topological polar surface area (TPSA) is 62.3 Å². The zero-order valence-corrected chi connectivity index (χ0v) is 13.6. The zero-order valence-electron chi connectivity index (χ0n) is 12.9. The summed E-state index contributed by atoms with van der Waals surface area (Å²) in [6.07, 6.45) is 3.42. The van der Waals surface area contributed by atoms with Crippen molar-refractivity contribution in [3.63, 3.8) is 0 Å². The maximum atomic E-state index is 12.9. The Kier molecular flexibility index (Phi) is 4.48. The summed E-state index contributed by atoms with van der Waals surface area (Å²) in [7, 11) is 0. The number of piperidine rings is 1. The number of aromatic nitrogens is 1. The highest BCUT2D eigenvalue weighted by molar-refractivity contribution is 6.36. The van der Waals surface area contributed by atoms with E-state index in [2.05, 4.69) is 10.3 Å². The highest BCUT2D eigenvalue weighted by Crippen LogP contribution is 2.26. The molecule has 0 aliphatic carbocycles. The number of pyridine rings is 1. The fraction of sp³-hybridized carbons (Fsp3) is 0.353. The fourth-order valence-electron chi connectivity index (χ4n) is 3.05. The van der Waals surface area contributed by atoms with Crippen LogP contribution in [0.4, 0.5) is 0 Å². The van der Waals surface area contributed by atoms with Gasteiger partial charge in [0.1, 0.15) is 0 Å². The van der Waals surface area contributed by atoms with E-state index in [9.17, 15) is 9.59 Å². The van der Waals surface area contributed by atoms with E-state index < -0.39 is 0 Å². The Bertz CT molecular complexity index is 763. The van der Waals surface area contributed by atoms with Crippen molar-refractivity contribution < 1.29 is 9.59 Å². The lowest BCUT2D eigenvalue weighted by Gasteiger charge is -2.33. The van der Waals surface area contributed by atoms with E-state index >= 15 is 0 Å². The van der Waals surface area contributed by atoms with E-state index in [0.29, 0.717) is 29.2 Å². The number of hydrogen-bond acceptors (Lipinski definition) is 3. The Labute approximate surface area is 139 Å². The number of halogens is 1. The van der Waals surface area contributed by atoms with Gasteiger partial charge in [-0.1, -0.05) is 11.6 Å². The van der Waals surface area contributed by atoms with Crippen LogP contribution >= 0.6 is 11.6 Å². The summed E-state index contributed by atoms with van der Waals surface area (Å²) >= 11 is 6.19. The number of hydrogen-bond donors (Lipinski definition) is 1. The van der Waals surface area contributed by atoms with Gasteiger partial charge in [0.15, 0.2) is 0 Å². The molecule has 1 saturated heterocycles. The van der Waals surface area contributed by atoms with Crippen molar-refractivity contribution in [2.24, 2.45) is 0 Å². The number of fused-ring (bicyclic) bond motifs is 1. The molecule has 2 amide bonds. The van der Waals surface area contributed by atoms with Gasteiger partial charge in [-0.15, -0.1) is 0 Å². The third kappa shape index (κ3) is 3.29. The van der Waals surface area contributed by atoms with E-state index in [4.69, 9.17) is 11.6 Å². The van der Waals surface area contributed by atoms with Crippen LogP contribution in [0.1, 0.15) is 30.1 Å². The lowest BCUT2D eigenvalue weighted by molar-refractivity contribution is -0.120. The van der Waals surface area contributed by atoms with Gasteiger partial charge in [-0.3, -0.25) is 14.6 Å². The van der Waals surface area contributed by atoms with Crippen LogP contribution in [0.5, 0.6) is 0 Å². The molecule has 1 aliphatic rings. The predicted octanol–water partition coefficient (Wildman–Crippen LogP) is 2.63. The SMILES string of the molecule is CC(=O)NC1CCCN(C(=O)c2ccc(Cl)c3cccnc23)C1. The van der Waals surface area contributed by atoms with Gasteiger partial charge in [-0.25, -0.2) is 0 Å². The van der Waals surface area contributed by atoms with Gasteiger partial charge >= 0.3 is 0 Å². The van der Waals surface area contributed by atoms with Gasteiger partial charge in [0.25, 0.3) is 5.91 Å². The van der Waals surface area contributed by atoms with Gasteiger partial charge in [-0.05, 0) is 37.1 Å². The standard InChI is InChI=1S/C17H18ClN3O2/c1-11(22)20-12-4-3-9-21(10-12)17(23)14-6-7-15(18)13-5-2-8-19-16(13)14/h2,5-8,12H,3-4,9-10H2,1H3,(H,20,22). The van der Waals surface area contributed by atoms with Gasteiger partial charge in [-0.2, -0.15) is 0 Å². The van der Waals surface area contributed by atoms with E-state index in [1.54, 1.807) is 29.3 Å². The summed E-state index contributed by atoms with van der Waals surface area (Å²) in [5.74, 6) is -0.136. The van der Waals surface area contributed by atoms with Crippen molar-refractivity contribution in [1.29, 1.82) is 0 Å². The number of benzene rings is 1. The molecule has 2 aromatic rings. The first-order valence-electron chi connectivity index (χ1n) is 7.66. The molecule has 0 bridgehead atoms. The average molecular weight is 332 g/mol. The molecule has 1 N–H and O–H groups in total. The molecule has 0 radical (unpaired) electrons. The molecular weight excluding hydrogens is 314 g/mol. The molecule has 1 aromatic heterocycles. The minimum Gasteiger partial charge on any atom is -0.352 e. The van der Waals surface area contributed by atoms with E-state index in [0.717, 1.165) is 18.2 Å². The van der Waals surface area contributed by atoms with Crippen molar-refractivity contribution >= 4 is 34.3 Å². The molecule has 0 saturated carbocycles. The molecule has 1 atom stereocenters. The molecule has 5 nitrogen and oxygen atoms in total. The predicted molar refractivity (Wildman–Crippen MR) is 89.5 cm³/mol. The van der Waals surface area contributed by atoms with Crippen molar-refractivity contribution in [2.75, 3.05) is 13.1 Å². The van der Waals surface area contributed by atoms with Crippen LogP contribution in [0.15, 0.2) is 30.5 Å². The fourth-order valence-corrected chi connectivity index (χ4v) is 3.26. The van der Waals surface area contributed by atoms with Crippen molar-refractivity contribution in [2.45, 2.75) is 25.8 Å². The zero-order chi connectivity index (χ0) is 16.4. The van der Waals surface area contributed by atoms with Crippen LogP contribution in [-0.2, 0) is 4.79 Å². The van der Waals surface area contributed by atoms with Crippen molar-refractivity contribution in [1.82, 2.24) is 15.2 Å². The van der Waals surface area contributed by atoms with Gasteiger partial charge in [0, 0.05) is 37.6 Å². The Balaban J connectivity index is 1.88. The lowest BCUT2D eigenvalue weighted by atomic mass is 10.0. The summed E-state index contributed by atoms with van der Waals surface area (Å²) in [5, 5.41) is 4.25. The molecule has 3 rings (SSSR count). The number of likely N-dealkylation sites (tertiary alicyclic amines) is 1. The average Bonchev–Trinajstić information content (AvgIpc) is 2.54. The molecule has 0 spiro atoms. The number of carbonyl (C=O) groups excluding carboxylic acids is 2. The minimum absolute atomic E-state index is 0.0109. The Morgan fingerprint density at radius 3 is 2.96 bits per heavy atom. The molecule has 1 aliphatic heterocycles. The Hall–Kier alpha value is -2.14. The van der Waals surface area contributed by atoms with Gasteiger partial charge < -0.3 is 10.2 Å². The summed E-state index contributed by atoms with van der Waals surface area (Å²) in [6, 6.07) is 7.13. The summed E-state index contributed by atoms with van der Waals surface area (Å²) in [6.45, 7) is 2.71. The van der Waals surface area contributed by atoms with E-state index in [1.165, 1.54) is 6.92 Å². The van der Waals surface area contributed by atoms with Gasteiger partial charge in [0.2, 0.25) is 5.91 Å². The minimum atomic E-state index is -0.0691. The molecule has 1 unspecified atom stereocenters. The molecule has 120 valence electrons. The second-order valence-corrected chi connectivity index (χ2v) is 6.19. The van der Waals surface area contributed by atoms with Crippen LogP contribution in [0, 0.1) is 0 Å². The molecule has 2 heterocycles. The Morgan fingerprint density at radius 2 is 2.17 bits per heavy atom. The highest BCUT2D eigenvalue weighted by Gasteiger charge is 2.26. The van der Waals surface area contributed by atoms with E-state index in [-0.39, 0.29) is 17.9 Å². The monoisotopic (exact) mass is 331 g/mol. The quantitative estimate of drug-likeness (QED) is 0.920. The number of amides is 2. The molecule has 1 aromatic carbocycles. The molecular formula is C17H18ClN3O2. The number of nitrogens with one attached hydrogen (secondary N) is 1. The Morgan fingerprint density at radius 1 is 1.35 bits per heavy atom. The van der Waals surface area contributed by atoms with Gasteiger partial charge in [0.05, 0.1) is 16.1 Å². The maximum absolute atomic E-state index is 12.9. The number of carbonyl (C=O) groups is 2. The summed E-state index contributed by atoms with van der Waals surface area (Å²) in [4.78, 5) is 30.2. The van der Waals surface area contributed by atoms with Crippen molar-refractivity contribution in [3.8, 4) is 0 Å². The first kappa shape index (κ1) is 15.7. The van der Waals surface area contributed by atoms with Crippen LogP contribution in [-0.4, -0.2) is 40.8 Å². The third-order valence-electron chi connectivity index (χ3n) is 4.06. The lowest BCUT2D eigenvalue weighted by Crippen LogP contribution is -2.49. The number of nitrogens with zero attached hydrogens (tertiary/aromatic N) is 2. The second kappa shape index (κ2) is 6.54. The van der Waals surface area contributed by atoms with E-state index in [1.807, 2.05) is 6.07 Å². The first-order chi connectivity index (χ1) is 11.1. The summed E-state index contributed by atoms with van der Waals surface area (Å²) < 4.78 is 0. The second-order valence-electron chi connectivity index (χ2n) is 5.79. The van der Waals surface area contributed by atoms with Crippen LogP contribution < -0.4 is 5.32 Å². The van der Waals surface area contributed by atoms with Crippen molar-refractivity contribution in [3.05, 3.63) is 41.0 Å². The maximum Gasteiger partial charge on any atom is 0.256 e. The summed E-state index contributed by atoms with van der Waals surface area (Å²) in [5.41, 5.74) is 1.17. The largest absolute Gasteiger partial charge is 0.352 e. The first-order valence-corrected chi connectivity index (χ1v) is 8.03. The molecule has 23 heavy (non-hydrogen) atoms. The molecule has 6 heteroatoms. The normalized spacial score (nSPS) is 18.0. The van der Waals surface area contributed by atoms with Crippen LogP contribution in [0.3, 0.4) is 0 Å². The smallest absolute Gasteiger partial charge is 0.256 e. The molecule has 1 fully saturated rings. The van der Waals surface area contributed by atoms with Crippen LogP contribution in [0.2, 0.25) is 5.02 Å².